The van der Waals surface area contributed by atoms with Gasteiger partial charge in [-0.15, -0.1) is 0 Å². The molecule has 1 heterocycles. The van der Waals surface area contributed by atoms with E-state index in [1.165, 1.54) is 0 Å². The minimum Gasteiger partial charge on any atom is -0.462 e. The Morgan fingerprint density at radius 2 is 1.96 bits per heavy atom. The van der Waals surface area contributed by atoms with Crippen LogP contribution in [0.5, 0.6) is 0 Å². The molecular formula is C17H22N4O2. The van der Waals surface area contributed by atoms with Crippen molar-refractivity contribution in [3.05, 3.63) is 42.1 Å². The van der Waals surface area contributed by atoms with E-state index in [4.69, 9.17) is 4.74 Å². The average molecular weight is 314 g/mol. The van der Waals surface area contributed by atoms with Crippen molar-refractivity contribution in [2.75, 3.05) is 23.8 Å². The highest BCUT2D eigenvalue weighted by Gasteiger charge is 2.06. The molecule has 0 saturated carbocycles. The third-order valence-corrected chi connectivity index (χ3v) is 3.14. The number of nitrogens with one attached hydrogen (secondary N) is 2. The van der Waals surface area contributed by atoms with Gasteiger partial charge in [0, 0.05) is 18.4 Å². The summed E-state index contributed by atoms with van der Waals surface area (Å²) in [4.78, 5) is 20.2. The van der Waals surface area contributed by atoms with E-state index in [-0.39, 0.29) is 5.97 Å². The largest absolute Gasteiger partial charge is 0.462 e. The fraction of sp³-hybridized carbons (Fsp3) is 0.353. The molecule has 6 nitrogen and oxygen atoms in total. The van der Waals surface area contributed by atoms with Gasteiger partial charge in [-0.3, -0.25) is 0 Å². The Morgan fingerprint density at radius 1 is 1.17 bits per heavy atom. The maximum atomic E-state index is 11.6. The van der Waals surface area contributed by atoms with Crippen LogP contribution in [0.2, 0.25) is 0 Å². The molecular weight excluding hydrogens is 292 g/mol. The van der Waals surface area contributed by atoms with E-state index in [0.29, 0.717) is 23.9 Å². The van der Waals surface area contributed by atoms with Crippen LogP contribution in [-0.4, -0.2) is 29.1 Å². The normalized spacial score (nSPS) is 10.2. The summed E-state index contributed by atoms with van der Waals surface area (Å²) in [5, 5.41) is 6.38. The SMILES string of the molecule is CCCCNc1nccc(Nc2ccc(C(=O)OCC)cc2)n1. The van der Waals surface area contributed by atoms with Crippen molar-refractivity contribution >= 4 is 23.4 Å². The molecule has 0 spiro atoms. The standard InChI is InChI=1S/C17H22N4O2/c1-3-5-11-18-17-19-12-10-15(21-17)20-14-8-6-13(7-9-14)16(22)23-4-2/h6-10,12H,3-5,11H2,1-2H3,(H2,18,19,20,21). The first kappa shape index (κ1) is 16.7. The van der Waals surface area contributed by atoms with Gasteiger partial charge < -0.3 is 15.4 Å². The molecule has 1 aromatic carbocycles. The lowest BCUT2D eigenvalue weighted by molar-refractivity contribution is 0.0526. The molecule has 0 saturated heterocycles. The number of ether oxygens (including phenoxy) is 1. The van der Waals surface area contributed by atoms with Crippen LogP contribution in [0.1, 0.15) is 37.0 Å². The molecule has 2 aromatic rings. The van der Waals surface area contributed by atoms with Gasteiger partial charge >= 0.3 is 5.97 Å². The Bertz CT molecular complexity index is 629. The van der Waals surface area contributed by atoms with Crippen molar-refractivity contribution in [3.8, 4) is 0 Å². The molecule has 0 aliphatic heterocycles. The van der Waals surface area contributed by atoms with Crippen molar-refractivity contribution in [1.29, 1.82) is 0 Å². The lowest BCUT2D eigenvalue weighted by Crippen LogP contribution is -2.06. The number of carbonyl (C=O) groups is 1. The highest BCUT2D eigenvalue weighted by Crippen LogP contribution is 2.16. The zero-order chi connectivity index (χ0) is 16.5. The molecule has 0 unspecified atom stereocenters. The number of benzene rings is 1. The van der Waals surface area contributed by atoms with Crippen LogP contribution in [-0.2, 0) is 4.74 Å². The van der Waals surface area contributed by atoms with Crippen LogP contribution in [0.4, 0.5) is 17.5 Å². The molecule has 122 valence electrons. The summed E-state index contributed by atoms with van der Waals surface area (Å²) in [6, 6.07) is 8.88. The molecule has 0 aliphatic carbocycles. The Hall–Kier alpha value is -2.63. The van der Waals surface area contributed by atoms with Gasteiger partial charge in [0.2, 0.25) is 5.95 Å². The molecule has 2 rings (SSSR count). The smallest absolute Gasteiger partial charge is 0.338 e. The lowest BCUT2D eigenvalue weighted by atomic mass is 10.2. The summed E-state index contributed by atoms with van der Waals surface area (Å²) < 4.78 is 4.96. The summed E-state index contributed by atoms with van der Waals surface area (Å²) in [5.74, 6) is 0.984. The zero-order valence-corrected chi connectivity index (χ0v) is 13.5. The molecule has 0 bridgehead atoms. The maximum absolute atomic E-state index is 11.6. The number of rotatable bonds is 8. The maximum Gasteiger partial charge on any atom is 0.338 e. The van der Waals surface area contributed by atoms with Gasteiger partial charge in [0.15, 0.2) is 0 Å². The Morgan fingerprint density at radius 3 is 2.65 bits per heavy atom. The summed E-state index contributed by atoms with van der Waals surface area (Å²) in [5.41, 5.74) is 1.37. The second-order valence-electron chi connectivity index (χ2n) is 4.97. The van der Waals surface area contributed by atoms with Crippen LogP contribution in [0.25, 0.3) is 0 Å². The number of hydrogen-bond donors (Lipinski definition) is 2. The quantitative estimate of drug-likeness (QED) is 0.572. The van der Waals surface area contributed by atoms with Crippen LogP contribution >= 0.6 is 0 Å². The first-order valence-corrected chi connectivity index (χ1v) is 7.84. The molecule has 0 amide bonds. The monoisotopic (exact) mass is 314 g/mol. The number of esters is 1. The van der Waals surface area contributed by atoms with Gasteiger partial charge in [-0.2, -0.15) is 4.98 Å². The first-order chi connectivity index (χ1) is 11.2. The van der Waals surface area contributed by atoms with Gasteiger partial charge in [-0.05, 0) is 43.7 Å². The summed E-state index contributed by atoms with van der Waals surface area (Å²) in [7, 11) is 0. The van der Waals surface area contributed by atoms with Crippen LogP contribution in [0.3, 0.4) is 0 Å². The Labute approximate surface area is 136 Å². The molecule has 2 N–H and O–H groups in total. The van der Waals surface area contributed by atoms with Crippen LogP contribution < -0.4 is 10.6 Å². The van der Waals surface area contributed by atoms with E-state index in [1.807, 2.05) is 12.1 Å². The molecule has 0 atom stereocenters. The minimum atomic E-state index is -0.316. The van der Waals surface area contributed by atoms with Crippen molar-refractivity contribution < 1.29 is 9.53 Å². The molecule has 6 heteroatoms. The van der Waals surface area contributed by atoms with E-state index >= 15 is 0 Å². The average Bonchev–Trinajstić information content (AvgIpc) is 2.56. The van der Waals surface area contributed by atoms with E-state index in [2.05, 4.69) is 27.5 Å². The van der Waals surface area contributed by atoms with Gasteiger partial charge in [-0.1, -0.05) is 13.3 Å². The van der Waals surface area contributed by atoms with E-state index < -0.39 is 0 Å². The Kier molecular flexibility index (Phi) is 6.35. The predicted molar refractivity (Wildman–Crippen MR) is 91.1 cm³/mol. The highest BCUT2D eigenvalue weighted by molar-refractivity contribution is 5.89. The van der Waals surface area contributed by atoms with Crippen molar-refractivity contribution in [1.82, 2.24) is 9.97 Å². The summed E-state index contributed by atoms with van der Waals surface area (Å²) in [6.45, 7) is 5.15. The number of nitrogens with zero attached hydrogens (tertiary/aromatic N) is 2. The number of aromatic nitrogens is 2. The highest BCUT2D eigenvalue weighted by atomic mass is 16.5. The summed E-state index contributed by atoms with van der Waals surface area (Å²) >= 11 is 0. The van der Waals surface area contributed by atoms with Gasteiger partial charge in [-0.25, -0.2) is 9.78 Å². The second-order valence-corrected chi connectivity index (χ2v) is 4.97. The predicted octanol–water partition coefficient (Wildman–Crippen LogP) is 3.61. The second kappa shape index (κ2) is 8.73. The minimum absolute atomic E-state index is 0.316. The topological polar surface area (TPSA) is 76.1 Å². The lowest BCUT2D eigenvalue weighted by Gasteiger charge is -2.08. The van der Waals surface area contributed by atoms with Gasteiger partial charge in [0.1, 0.15) is 5.82 Å². The van der Waals surface area contributed by atoms with E-state index in [9.17, 15) is 4.79 Å². The van der Waals surface area contributed by atoms with Crippen molar-refractivity contribution in [2.24, 2.45) is 0 Å². The van der Waals surface area contributed by atoms with Crippen molar-refractivity contribution in [2.45, 2.75) is 26.7 Å². The fourth-order valence-corrected chi connectivity index (χ4v) is 1.94. The fourth-order valence-electron chi connectivity index (χ4n) is 1.94. The van der Waals surface area contributed by atoms with E-state index in [0.717, 1.165) is 25.1 Å². The summed E-state index contributed by atoms with van der Waals surface area (Å²) in [6.07, 6.45) is 3.91. The van der Waals surface area contributed by atoms with Crippen LogP contribution in [0, 0.1) is 0 Å². The molecule has 23 heavy (non-hydrogen) atoms. The van der Waals surface area contributed by atoms with Gasteiger partial charge in [0.25, 0.3) is 0 Å². The number of hydrogen-bond acceptors (Lipinski definition) is 6. The van der Waals surface area contributed by atoms with Crippen molar-refractivity contribution in [3.63, 3.8) is 0 Å². The molecule has 0 radical (unpaired) electrons. The zero-order valence-electron chi connectivity index (χ0n) is 13.5. The van der Waals surface area contributed by atoms with Crippen LogP contribution in [0.15, 0.2) is 36.5 Å². The molecule has 1 aromatic heterocycles. The Balaban J connectivity index is 1.98. The number of anilines is 3. The molecule has 0 aliphatic rings. The molecule has 0 fully saturated rings. The van der Waals surface area contributed by atoms with E-state index in [1.54, 1.807) is 31.3 Å². The third kappa shape index (κ3) is 5.25. The number of carbonyl (C=O) groups excluding carboxylic acids is 1. The number of unbranched alkanes of at least 4 members (excludes halogenated alkanes) is 1. The first-order valence-electron chi connectivity index (χ1n) is 7.84. The van der Waals surface area contributed by atoms with Gasteiger partial charge in [0.05, 0.1) is 12.2 Å². The third-order valence-electron chi connectivity index (χ3n) is 3.14.